The average Bonchev–Trinajstić information content (AvgIpc) is 2.94. The average molecular weight is 310 g/mol. The third kappa shape index (κ3) is 3.92. The number of thioether (sulfide) groups is 1. The van der Waals surface area contributed by atoms with Crippen LogP contribution < -0.4 is 10.6 Å². The van der Waals surface area contributed by atoms with Crippen LogP contribution >= 0.6 is 24.0 Å². The summed E-state index contributed by atoms with van der Waals surface area (Å²) in [5.41, 5.74) is 1.62. The van der Waals surface area contributed by atoms with Gasteiger partial charge in [0, 0.05) is 17.8 Å². The molecule has 106 valence electrons. The summed E-state index contributed by atoms with van der Waals surface area (Å²) in [6.45, 7) is 0.438. The Balaban J connectivity index is 2.09. The zero-order chi connectivity index (χ0) is 14.4. The predicted octanol–water partition coefficient (Wildman–Crippen LogP) is 1.74. The molecule has 0 amide bonds. The molecule has 3 N–H and O–H groups in total. The Kier molecular flexibility index (Phi) is 5.33. The van der Waals surface area contributed by atoms with Gasteiger partial charge in [-0.3, -0.25) is 0 Å². The van der Waals surface area contributed by atoms with Gasteiger partial charge >= 0.3 is 0 Å². The number of nitrogens with zero attached hydrogens (tertiary/aromatic N) is 2. The van der Waals surface area contributed by atoms with Gasteiger partial charge in [0.15, 0.2) is 5.11 Å². The molecule has 2 rings (SSSR count). The first-order valence-electron chi connectivity index (χ1n) is 5.86. The first-order valence-corrected chi connectivity index (χ1v) is 7.50. The van der Waals surface area contributed by atoms with Crippen LogP contribution in [0.5, 0.6) is 0 Å². The highest BCUT2D eigenvalue weighted by atomic mass is 32.2. The van der Waals surface area contributed by atoms with E-state index in [0.29, 0.717) is 22.8 Å². The van der Waals surface area contributed by atoms with E-state index in [-0.39, 0.29) is 6.61 Å². The van der Waals surface area contributed by atoms with Crippen molar-refractivity contribution in [3.63, 3.8) is 0 Å². The molecule has 1 aromatic carbocycles. The summed E-state index contributed by atoms with van der Waals surface area (Å²) in [6.07, 6.45) is 1.88. The first kappa shape index (κ1) is 14.8. The van der Waals surface area contributed by atoms with Gasteiger partial charge in [0.25, 0.3) is 5.22 Å². The number of aromatic nitrogens is 2. The Morgan fingerprint density at radius 2 is 2.30 bits per heavy atom. The molecule has 0 unspecified atom stereocenters. The molecule has 0 aliphatic heterocycles. The lowest BCUT2D eigenvalue weighted by Crippen LogP contribution is -2.30. The van der Waals surface area contributed by atoms with Crippen LogP contribution in [0.3, 0.4) is 0 Å². The van der Waals surface area contributed by atoms with Crippen molar-refractivity contribution in [3.8, 4) is 11.5 Å². The van der Waals surface area contributed by atoms with Gasteiger partial charge in [-0.1, -0.05) is 17.8 Å². The number of hydrogen-bond acceptors (Lipinski definition) is 6. The molecule has 0 spiro atoms. The Bertz CT molecular complexity index is 588. The van der Waals surface area contributed by atoms with Crippen LogP contribution in [0.25, 0.3) is 11.5 Å². The number of rotatable bonds is 5. The molecule has 2 aromatic rings. The van der Waals surface area contributed by atoms with E-state index < -0.39 is 0 Å². The van der Waals surface area contributed by atoms with Gasteiger partial charge in [0.2, 0.25) is 5.89 Å². The molecular weight excluding hydrogens is 296 g/mol. The van der Waals surface area contributed by atoms with Gasteiger partial charge in [-0.05, 0) is 36.7 Å². The largest absolute Gasteiger partial charge is 0.411 e. The summed E-state index contributed by atoms with van der Waals surface area (Å²) < 4.78 is 5.48. The number of aliphatic hydroxyl groups is 1. The molecule has 0 saturated heterocycles. The maximum atomic E-state index is 8.72. The third-order valence-corrected chi connectivity index (χ3v) is 3.11. The molecule has 0 radical (unpaired) electrons. The van der Waals surface area contributed by atoms with Crippen LogP contribution in [0.1, 0.15) is 0 Å². The number of thiocarbonyl (C=S) groups is 1. The Labute approximate surface area is 126 Å². The number of benzene rings is 1. The lowest BCUT2D eigenvalue weighted by molar-refractivity contribution is 0.301. The highest BCUT2D eigenvalue weighted by Crippen LogP contribution is 2.23. The van der Waals surface area contributed by atoms with Crippen LogP contribution in [0.15, 0.2) is 33.9 Å². The van der Waals surface area contributed by atoms with Gasteiger partial charge < -0.3 is 20.2 Å². The molecule has 6 nitrogen and oxygen atoms in total. The lowest BCUT2D eigenvalue weighted by atomic mass is 10.2. The third-order valence-electron chi connectivity index (χ3n) is 2.35. The van der Waals surface area contributed by atoms with Crippen LogP contribution in [0.2, 0.25) is 0 Å². The van der Waals surface area contributed by atoms with E-state index in [4.69, 9.17) is 21.7 Å². The van der Waals surface area contributed by atoms with E-state index in [9.17, 15) is 0 Å². The van der Waals surface area contributed by atoms with E-state index in [1.807, 2.05) is 30.5 Å². The fourth-order valence-electron chi connectivity index (χ4n) is 1.48. The van der Waals surface area contributed by atoms with Gasteiger partial charge in [-0.2, -0.15) is 0 Å². The van der Waals surface area contributed by atoms with E-state index in [1.165, 1.54) is 11.8 Å². The van der Waals surface area contributed by atoms with Crippen LogP contribution in [-0.2, 0) is 0 Å². The molecule has 0 fully saturated rings. The van der Waals surface area contributed by atoms with E-state index in [2.05, 4.69) is 20.8 Å². The monoisotopic (exact) mass is 310 g/mol. The molecule has 8 heteroatoms. The zero-order valence-electron chi connectivity index (χ0n) is 10.8. The smallest absolute Gasteiger partial charge is 0.276 e. The number of nitrogens with one attached hydrogen (secondary N) is 2. The molecule has 20 heavy (non-hydrogen) atoms. The van der Waals surface area contributed by atoms with Crippen molar-refractivity contribution in [2.24, 2.45) is 0 Å². The highest BCUT2D eigenvalue weighted by Gasteiger charge is 2.08. The highest BCUT2D eigenvalue weighted by molar-refractivity contribution is 7.98. The number of aliphatic hydroxyl groups excluding tert-OH is 1. The SMILES string of the molecule is CSc1nnc(-c2cccc(NC(=S)NCCO)c2)o1. The summed E-state index contributed by atoms with van der Waals surface area (Å²) >= 11 is 6.49. The maximum Gasteiger partial charge on any atom is 0.276 e. The lowest BCUT2D eigenvalue weighted by Gasteiger charge is -2.09. The van der Waals surface area contributed by atoms with E-state index >= 15 is 0 Å². The minimum Gasteiger partial charge on any atom is -0.411 e. The summed E-state index contributed by atoms with van der Waals surface area (Å²) in [6, 6.07) is 7.50. The summed E-state index contributed by atoms with van der Waals surface area (Å²) in [4.78, 5) is 0. The van der Waals surface area contributed by atoms with E-state index in [0.717, 1.165) is 11.3 Å². The van der Waals surface area contributed by atoms with Crippen molar-refractivity contribution >= 4 is 34.8 Å². The van der Waals surface area contributed by atoms with Crippen molar-refractivity contribution in [1.29, 1.82) is 0 Å². The second-order valence-corrected chi connectivity index (χ2v) is 4.93. The van der Waals surface area contributed by atoms with Crippen LogP contribution in [0, 0.1) is 0 Å². The Morgan fingerprint density at radius 1 is 1.45 bits per heavy atom. The molecule has 1 aromatic heterocycles. The van der Waals surface area contributed by atoms with Crippen molar-refractivity contribution in [1.82, 2.24) is 15.5 Å². The standard InChI is InChI=1S/C12H14N4O2S2/c1-20-12-16-15-10(18-12)8-3-2-4-9(7-8)14-11(19)13-5-6-17/h2-4,7,17H,5-6H2,1H3,(H2,13,14,19). The fourth-order valence-corrected chi connectivity index (χ4v) is 1.99. The van der Waals surface area contributed by atoms with Crippen LogP contribution in [-0.4, -0.2) is 39.8 Å². The maximum absolute atomic E-state index is 8.72. The summed E-state index contributed by atoms with van der Waals surface area (Å²) in [5, 5.41) is 23.5. The quantitative estimate of drug-likeness (QED) is 0.569. The second kappa shape index (κ2) is 7.22. The number of hydrogen-bond donors (Lipinski definition) is 3. The molecule has 0 aliphatic carbocycles. The predicted molar refractivity (Wildman–Crippen MR) is 82.8 cm³/mol. The van der Waals surface area contributed by atoms with Gasteiger partial charge in [0.1, 0.15) is 0 Å². The second-order valence-electron chi connectivity index (χ2n) is 3.76. The van der Waals surface area contributed by atoms with E-state index in [1.54, 1.807) is 0 Å². The fraction of sp³-hybridized carbons (Fsp3) is 0.250. The minimum atomic E-state index is 0.0291. The van der Waals surface area contributed by atoms with Gasteiger partial charge in [-0.25, -0.2) is 0 Å². The van der Waals surface area contributed by atoms with Crippen molar-refractivity contribution in [2.45, 2.75) is 5.22 Å². The topological polar surface area (TPSA) is 83.2 Å². The number of anilines is 1. The van der Waals surface area contributed by atoms with Crippen LogP contribution in [0.4, 0.5) is 5.69 Å². The molecule has 1 heterocycles. The molecule has 0 saturated carbocycles. The zero-order valence-corrected chi connectivity index (χ0v) is 12.4. The summed E-state index contributed by atoms with van der Waals surface area (Å²) in [5.74, 6) is 0.465. The van der Waals surface area contributed by atoms with Crippen molar-refractivity contribution in [2.75, 3.05) is 24.7 Å². The van der Waals surface area contributed by atoms with Crippen molar-refractivity contribution < 1.29 is 9.52 Å². The molecular formula is C12H14N4O2S2. The normalized spacial score (nSPS) is 10.3. The Morgan fingerprint density at radius 3 is 3.00 bits per heavy atom. The molecule has 0 atom stereocenters. The summed E-state index contributed by atoms with van der Waals surface area (Å²) in [7, 11) is 0. The molecule has 0 aliphatic rings. The van der Waals surface area contributed by atoms with Gasteiger partial charge in [-0.15, -0.1) is 10.2 Å². The molecule has 0 bridgehead atoms. The minimum absolute atomic E-state index is 0.0291. The van der Waals surface area contributed by atoms with Gasteiger partial charge in [0.05, 0.1) is 6.61 Å². The van der Waals surface area contributed by atoms with Crippen molar-refractivity contribution in [3.05, 3.63) is 24.3 Å². The Hall–Kier alpha value is -1.64. The first-order chi connectivity index (χ1) is 9.72.